The second-order valence-corrected chi connectivity index (χ2v) is 0.612. The van der Waals surface area contributed by atoms with Gasteiger partial charge in [-0.3, -0.25) is 0 Å². The summed E-state index contributed by atoms with van der Waals surface area (Å²) in [6.07, 6.45) is 0. The van der Waals surface area contributed by atoms with Crippen LogP contribution in [0.15, 0.2) is 0 Å². The second-order valence-electron chi connectivity index (χ2n) is 0.204. The van der Waals surface area contributed by atoms with Gasteiger partial charge in [0.15, 0.2) is 0 Å². The number of hydrogen-bond donors (Lipinski definition) is 0. The average Bonchev–Trinajstić information content (AvgIpc) is 0.918. The predicted molar refractivity (Wildman–Crippen MR) is 18.3 cm³/mol. The molecule has 0 nitrogen and oxygen atoms in total. The average molecular weight is 148 g/mol. The van der Waals surface area contributed by atoms with Crippen LogP contribution in [0, 0.1) is 0 Å². The number of thiocarbonyl (C=S) groups is 1. The molecule has 2 heteroatoms. The first-order valence-electron chi connectivity index (χ1n) is 0.704. The van der Waals surface area contributed by atoms with Crippen molar-refractivity contribution in [3.8, 4) is 0 Å². The molecule has 0 aliphatic rings. The molecule has 4 heavy (non-hydrogen) atoms. The Morgan fingerprint density at radius 2 is 1.75 bits per heavy atom. The molecule has 0 unspecified atom stereocenters. The molecule has 0 aromatic rings. The molecule has 0 heterocycles. The summed E-state index contributed by atoms with van der Waals surface area (Å²) in [5.41, 5.74) is 0. The zero-order chi connectivity index (χ0) is 2.71. The molecule has 0 atom stereocenters. The molecule has 0 N–H and O–H groups in total. The van der Waals surface area contributed by atoms with Crippen molar-refractivity contribution in [1.29, 1.82) is 0 Å². The summed E-state index contributed by atoms with van der Waals surface area (Å²) in [5, 5.41) is 2.33. The number of hydrogen-bond acceptors (Lipinski definition) is 1. The molecule has 1 radical (unpaired) electrons. The van der Waals surface area contributed by atoms with E-state index in [0.29, 0.717) is 0 Å². The Kier molecular flexibility index (Phi) is 19.9. The van der Waals surface area contributed by atoms with Gasteiger partial charge in [0.2, 0.25) is 0 Å². The fourth-order valence-corrected chi connectivity index (χ4v) is 0. The van der Waals surface area contributed by atoms with Crippen LogP contribution in [-0.2, 0) is 32.7 Å². The monoisotopic (exact) mass is 148 g/mol. The van der Waals surface area contributed by atoms with Gasteiger partial charge in [-0.1, -0.05) is 0 Å². The van der Waals surface area contributed by atoms with Crippen molar-refractivity contribution in [2.45, 2.75) is 6.92 Å². The standard InChI is InChI=1S/C2H3S.Y/c1-2-3;/h1H3;/q-1;. The van der Waals surface area contributed by atoms with Crippen molar-refractivity contribution in [2.75, 3.05) is 0 Å². The topological polar surface area (TPSA) is 0 Å². The summed E-state index contributed by atoms with van der Waals surface area (Å²) < 4.78 is 0. The van der Waals surface area contributed by atoms with Gasteiger partial charge in [0.05, 0.1) is 0 Å². The van der Waals surface area contributed by atoms with Gasteiger partial charge in [-0.15, -0.1) is 0 Å². The Labute approximate surface area is 56.8 Å². The Morgan fingerprint density at radius 3 is 1.75 bits per heavy atom. The van der Waals surface area contributed by atoms with Gasteiger partial charge in [0, 0.05) is 32.7 Å². The molecular formula is C2H3SY-. The first-order chi connectivity index (χ1) is 1.41. The third kappa shape index (κ3) is 10.8. The zero-order valence-electron chi connectivity index (χ0n) is 2.49. The molecule has 0 aromatic carbocycles. The minimum absolute atomic E-state index is 0. The van der Waals surface area contributed by atoms with Gasteiger partial charge in [-0.05, 0) is 0 Å². The van der Waals surface area contributed by atoms with E-state index in [4.69, 9.17) is 0 Å². The van der Waals surface area contributed by atoms with E-state index in [1.807, 2.05) is 0 Å². The largest absolute Gasteiger partial charge is 0.428 e. The van der Waals surface area contributed by atoms with E-state index in [2.05, 4.69) is 17.6 Å². The van der Waals surface area contributed by atoms with Gasteiger partial charge in [-0.2, -0.15) is 6.92 Å². The molecule has 0 saturated heterocycles. The summed E-state index contributed by atoms with van der Waals surface area (Å²) >= 11 is 4.14. The van der Waals surface area contributed by atoms with Crippen molar-refractivity contribution >= 4 is 17.6 Å². The van der Waals surface area contributed by atoms with Crippen LogP contribution in [0.3, 0.4) is 0 Å². The van der Waals surface area contributed by atoms with Crippen LogP contribution in [-0.4, -0.2) is 5.37 Å². The minimum Gasteiger partial charge on any atom is -0.428 e. The SMILES string of the molecule is C[C-]=S.[Y]. The van der Waals surface area contributed by atoms with E-state index < -0.39 is 0 Å². The molecule has 21 valence electrons. The third-order valence-corrected chi connectivity index (χ3v) is 0. The molecule has 0 rings (SSSR count). The van der Waals surface area contributed by atoms with Crippen molar-refractivity contribution in [1.82, 2.24) is 0 Å². The molecule has 0 spiro atoms. The Hall–Kier alpha value is 1.19. The van der Waals surface area contributed by atoms with E-state index in [-0.39, 0.29) is 32.7 Å². The van der Waals surface area contributed by atoms with Crippen LogP contribution in [0.25, 0.3) is 0 Å². The third-order valence-electron chi connectivity index (χ3n) is 0. The summed E-state index contributed by atoms with van der Waals surface area (Å²) in [7, 11) is 0. The maximum atomic E-state index is 4.14. The van der Waals surface area contributed by atoms with Gasteiger partial charge in [0.25, 0.3) is 0 Å². The van der Waals surface area contributed by atoms with E-state index in [0.717, 1.165) is 0 Å². The van der Waals surface area contributed by atoms with Crippen molar-refractivity contribution < 1.29 is 32.7 Å². The summed E-state index contributed by atoms with van der Waals surface area (Å²) in [5.74, 6) is 0. The maximum absolute atomic E-state index is 4.14. The van der Waals surface area contributed by atoms with E-state index in [9.17, 15) is 0 Å². The van der Waals surface area contributed by atoms with Crippen LogP contribution in [0.2, 0.25) is 0 Å². The second kappa shape index (κ2) is 8.89. The van der Waals surface area contributed by atoms with Crippen molar-refractivity contribution in [3.05, 3.63) is 0 Å². The molecule has 0 amide bonds. The molecule has 0 bridgehead atoms. The number of rotatable bonds is 0. The fraction of sp³-hybridized carbons (Fsp3) is 0.500. The Morgan fingerprint density at radius 1 is 1.75 bits per heavy atom. The zero-order valence-corrected chi connectivity index (χ0v) is 6.14. The molecule has 0 saturated carbocycles. The predicted octanol–water partition coefficient (Wildman–Crippen LogP) is 0.881. The quantitative estimate of drug-likeness (QED) is 0.363. The smallest absolute Gasteiger partial charge is 0 e. The van der Waals surface area contributed by atoms with E-state index in [1.54, 1.807) is 6.92 Å². The summed E-state index contributed by atoms with van der Waals surface area (Å²) in [4.78, 5) is 0. The van der Waals surface area contributed by atoms with Gasteiger partial charge >= 0.3 is 0 Å². The van der Waals surface area contributed by atoms with Crippen LogP contribution < -0.4 is 0 Å². The van der Waals surface area contributed by atoms with Crippen LogP contribution in [0.4, 0.5) is 0 Å². The fourth-order valence-electron chi connectivity index (χ4n) is 0. The first kappa shape index (κ1) is 8.96. The van der Waals surface area contributed by atoms with Crippen molar-refractivity contribution in [2.24, 2.45) is 0 Å². The van der Waals surface area contributed by atoms with Gasteiger partial charge in [0.1, 0.15) is 0 Å². The van der Waals surface area contributed by atoms with E-state index >= 15 is 0 Å². The maximum Gasteiger partial charge on any atom is 0 e. The molecular weight excluding hydrogens is 145 g/mol. The minimum atomic E-state index is 0. The summed E-state index contributed by atoms with van der Waals surface area (Å²) in [6.45, 7) is 1.69. The van der Waals surface area contributed by atoms with Crippen LogP contribution >= 0.6 is 12.2 Å². The normalized spacial score (nSPS) is 3.25. The van der Waals surface area contributed by atoms with E-state index in [1.165, 1.54) is 0 Å². The molecule has 0 aromatic heterocycles. The molecule has 0 aliphatic carbocycles. The molecule has 0 fully saturated rings. The Balaban J connectivity index is 0. The van der Waals surface area contributed by atoms with Crippen LogP contribution in [0.5, 0.6) is 0 Å². The first-order valence-corrected chi connectivity index (χ1v) is 1.11. The van der Waals surface area contributed by atoms with Crippen LogP contribution in [0.1, 0.15) is 6.92 Å². The Bertz CT molecular complexity index is 13.5. The summed E-state index contributed by atoms with van der Waals surface area (Å²) in [6, 6.07) is 0. The molecule has 0 aliphatic heterocycles. The van der Waals surface area contributed by atoms with Crippen molar-refractivity contribution in [3.63, 3.8) is 0 Å². The van der Waals surface area contributed by atoms with Gasteiger partial charge < -0.3 is 17.6 Å². The van der Waals surface area contributed by atoms with Gasteiger partial charge in [-0.25, -0.2) is 0 Å².